The molecular weight excluding hydrogens is 414 g/mol. The molecule has 1 amide bonds. The largest absolute Gasteiger partial charge is 0.452 e. The van der Waals surface area contributed by atoms with Crippen molar-refractivity contribution in [3.8, 4) is 0 Å². The lowest BCUT2D eigenvalue weighted by Crippen LogP contribution is -2.34. The molecule has 0 aliphatic heterocycles. The van der Waals surface area contributed by atoms with Crippen LogP contribution in [-0.4, -0.2) is 41.2 Å². The molecule has 0 aliphatic carbocycles. The summed E-state index contributed by atoms with van der Waals surface area (Å²) in [6, 6.07) is 11.6. The number of carbonyl (C=O) groups excluding carboxylic acids is 2. The van der Waals surface area contributed by atoms with E-state index in [1.807, 2.05) is 24.3 Å². The molecule has 0 saturated carbocycles. The number of rotatable bonds is 7. The number of benzene rings is 2. The first-order valence-electron chi connectivity index (χ1n) is 8.60. The number of nitrogens with zero attached hydrogens (tertiary/aromatic N) is 3. The fourth-order valence-electron chi connectivity index (χ4n) is 2.64. The molecule has 3 aromatic rings. The summed E-state index contributed by atoms with van der Waals surface area (Å²) >= 11 is 2.58. The first kappa shape index (κ1) is 20.7. The van der Waals surface area contributed by atoms with Crippen LogP contribution in [0.2, 0.25) is 0 Å². The van der Waals surface area contributed by atoms with E-state index in [2.05, 4.69) is 4.98 Å². The Hall–Kier alpha value is -2.98. The second-order valence-electron chi connectivity index (χ2n) is 5.82. The lowest BCUT2D eigenvalue weighted by molar-refractivity contribution is -0.387. The SMILES string of the molecule is CCN(C(=O)COC(=O)c1ccc(SC)c([N+](=O)[O-])c1)c1nc2ccccc2s1. The molecule has 0 bridgehead atoms. The van der Waals surface area contributed by atoms with Gasteiger partial charge in [-0.1, -0.05) is 23.5 Å². The fraction of sp³-hybridized carbons (Fsp3) is 0.211. The molecule has 29 heavy (non-hydrogen) atoms. The Balaban J connectivity index is 1.71. The van der Waals surface area contributed by atoms with Gasteiger partial charge in [0, 0.05) is 12.6 Å². The van der Waals surface area contributed by atoms with Crippen LogP contribution in [0.4, 0.5) is 10.8 Å². The van der Waals surface area contributed by atoms with Crippen LogP contribution in [0.5, 0.6) is 0 Å². The van der Waals surface area contributed by atoms with Gasteiger partial charge in [-0.2, -0.15) is 0 Å². The molecule has 0 aliphatic rings. The Morgan fingerprint density at radius 3 is 2.69 bits per heavy atom. The molecule has 0 atom stereocenters. The summed E-state index contributed by atoms with van der Waals surface area (Å²) < 4.78 is 6.04. The smallest absolute Gasteiger partial charge is 0.338 e. The summed E-state index contributed by atoms with van der Waals surface area (Å²) in [6.45, 7) is 1.68. The average molecular weight is 431 g/mol. The van der Waals surface area contributed by atoms with Gasteiger partial charge in [0.2, 0.25) is 0 Å². The maximum Gasteiger partial charge on any atom is 0.338 e. The van der Waals surface area contributed by atoms with E-state index in [0.29, 0.717) is 16.6 Å². The monoisotopic (exact) mass is 431 g/mol. The van der Waals surface area contributed by atoms with Crippen LogP contribution in [0.25, 0.3) is 10.2 Å². The van der Waals surface area contributed by atoms with E-state index in [-0.39, 0.29) is 11.3 Å². The normalized spacial score (nSPS) is 10.7. The Bertz CT molecular complexity index is 1050. The molecule has 3 rings (SSSR count). The van der Waals surface area contributed by atoms with Crippen molar-refractivity contribution in [1.82, 2.24) is 4.98 Å². The number of para-hydroxylation sites is 1. The van der Waals surface area contributed by atoms with Gasteiger partial charge in [-0.3, -0.25) is 19.8 Å². The number of hydrogen-bond acceptors (Lipinski definition) is 8. The van der Waals surface area contributed by atoms with Crippen LogP contribution in [0.15, 0.2) is 47.4 Å². The minimum absolute atomic E-state index is 0.0188. The van der Waals surface area contributed by atoms with Crippen LogP contribution in [0.1, 0.15) is 17.3 Å². The van der Waals surface area contributed by atoms with E-state index >= 15 is 0 Å². The number of nitro groups is 1. The van der Waals surface area contributed by atoms with Gasteiger partial charge in [0.25, 0.3) is 11.6 Å². The van der Waals surface area contributed by atoms with E-state index in [9.17, 15) is 19.7 Å². The number of esters is 1. The molecule has 2 aromatic carbocycles. The number of hydrogen-bond donors (Lipinski definition) is 0. The minimum atomic E-state index is -0.797. The van der Waals surface area contributed by atoms with E-state index in [1.165, 1.54) is 40.1 Å². The van der Waals surface area contributed by atoms with Crippen molar-refractivity contribution in [2.45, 2.75) is 11.8 Å². The second kappa shape index (κ2) is 9.01. The quantitative estimate of drug-likeness (QED) is 0.240. The van der Waals surface area contributed by atoms with Gasteiger partial charge in [0.1, 0.15) is 0 Å². The van der Waals surface area contributed by atoms with E-state index < -0.39 is 23.4 Å². The average Bonchev–Trinajstić information content (AvgIpc) is 3.15. The summed E-state index contributed by atoms with van der Waals surface area (Å²) in [6.07, 6.45) is 1.71. The fourth-order valence-corrected chi connectivity index (χ4v) is 4.24. The summed E-state index contributed by atoms with van der Waals surface area (Å²) in [7, 11) is 0. The minimum Gasteiger partial charge on any atom is -0.452 e. The molecular formula is C19H17N3O5S2. The van der Waals surface area contributed by atoms with E-state index in [4.69, 9.17) is 4.74 Å². The molecule has 0 spiro atoms. The van der Waals surface area contributed by atoms with Gasteiger partial charge < -0.3 is 4.74 Å². The number of likely N-dealkylation sites (N-methyl/N-ethyl adjacent to an activating group) is 1. The van der Waals surface area contributed by atoms with Gasteiger partial charge in [-0.15, -0.1) is 11.8 Å². The predicted octanol–water partition coefficient (Wildman–Crippen LogP) is 4.14. The number of amides is 1. The van der Waals surface area contributed by atoms with Crippen molar-refractivity contribution in [2.75, 3.05) is 24.3 Å². The maximum atomic E-state index is 12.6. The highest BCUT2D eigenvalue weighted by atomic mass is 32.2. The predicted molar refractivity (Wildman–Crippen MR) is 113 cm³/mol. The van der Waals surface area contributed by atoms with Crippen LogP contribution in [0, 0.1) is 10.1 Å². The first-order valence-corrected chi connectivity index (χ1v) is 10.6. The maximum absolute atomic E-state index is 12.6. The third-order valence-electron chi connectivity index (χ3n) is 4.07. The number of carbonyl (C=O) groups is 2. The highest BCUT2D eigenvalue weighted by Crippen LogP contribution is 2.29. The van der Waals surface area contributed by atoms with Crippen molar-refractivity contribution in [1.29, 1.82) is 0 Å². The van der Waals surface area contributed by atoms with Crippen molar-refractivity contribution in [2.24, 2.45) is 0 Å². The molecule has 150 valence electrons. The number of thioether (sulfide) groups is 1. The van der Waals surface area contributed by atoms with Gasteiger partial charge in [0.15, 0.2) is 11.7 Å². The van der Waals surface area contributed by atoms with Gasteiger partial charge in [-0.25, -0.2) is 9.78 Å². The summed E-state index contributed by atoms with van der Waals surface area (Å²) in [5.41, 5.74) is 0.630. The lowest BCUT2D eigenvalue weighted by atomic mass is 10.2. The standard InChI is InChI=1S/C19H17N3O5S2/c1-3-21(19-20-13-6-4-5-7-15(13)29-19)17(23)11-27-18(24)12-8-9-16(28-2)14(10-12)22(25)26/h4-10H,3,11H2,1-2H3. The molecule has 0 radical (unpaired) electrons. The van der Waals surface area contributed by atoms with Gasteiger partial charge in [-0.05, 0) is 37.4 Å². The highest BCUT2D eigenvalue weighted by Gasteiger charge is 2.22. The lowest BCUT2D eigenvalue weighted by Gasteiger charge is -2.17. The zero-order valence-electron chi connectivity index (χ0n) is 15.7. The molecule has 0 saturated heterocycles. The molecule has 8 nitrogen and oxygen atoms in total. The van der Waals surface area contributed by atoms with E-state index in [1.54, 1.807) is 13.2 Å². The van der Waals surface area contributed by atoms with Crippen LogP contribution < -0.4 is 4.90 Å². The number of fused-ring (bicyclic) bond motifs is 1. The van der Waals surface area contributed by atoms with E-state index in [0.717, 1.165) is 16.3 Å². The van der Waals surface area contributed by atoms with Crippen molar-refractivity contribution in [3.05, 3.63) is 58.1 Å². The third kappa shape index (κ3) is 4.54. The van der Waals surface area contributed by atoms with Crippen molar-refractivity contribution < 1.29 is 19.2 Å². The van der Waals surface area contributed by atoms with Crippen LogP contribution >= 0.6 is 23.1 Å². The number of thiazole rings is 1. The van der Waals surface area contributed by atoms with Crippen LogP contribution in [0.3, 0.4) is 0 Å². The van der Waals surface area contributed by atoms with Crippen molar-refractivity contribution >= 4 is 56.0 Å². The van der Waals surface area contributed by atoms with Gasteiger partial charge in [0.05, 0.1) is 25.6 Å². The summed E-state index contributed by atoms with van der Waals surface area (Å²) in [5, 5.41) is 11.7. The van der Waals surface area contributed by atoms with Gasteiger partial charge >= 0.3 is 5.97 Å². The zero-order valence-corrected chi connectivity index (χ0v) is 17.3. The number of anilines is 1. The zero-order chi connectivity index (χ0) is 21.0. The number of nitro benzene ring substituents is 1. The topological polar surface area (TPSA) is 103 Å². The molecule has 0 unspecified atom stereocenters. The van der Waals surface area contributed by atoms with Crippen LogP contribution in [-0.2, 0) is 9.53 Å². The molecule has 0 N–H and O–H groups in total. The summed E-state index contributed by atoms with van der Waals surface area (Å²) in [5.74, 6) is -1.22. The Morgan fingerprint density at radius 1 is 1.28 bits per heavy atom. The first-order chi connectivity index (χ1) is 13.9. The Morgan fingerprint density at radius 2 is 2.03 bits per heavy atom. The van der Waals surface area contributed by atoms with Crippen molar-refractivity contribution in [3.63, 3.8) is 0 Å². The number of aromatic nitrogens is 1. The molecule has 1 heterocycles. The molecule has 10 heteroatoms. The Labute approximate surface area is 174 Å². The third-order valence-corrected chi connectivity index (χ3v) is 5.91. The second-order valence-corrected chi connectivity index (χ2v) is 7.68. The summed E-state index contributed by atoms with van der Waals surface area (Å²) in [4.78, 5) is 41.8. The number of ether oxygens (including phenoxy) is 1. The molecule has 1 aromatic heterocycles. The molecule has 0 fully saturated rings. The highest BCUT2D eigenvalue weighted by molar-refractivity contribution is 7.98. The Kier molecular flexibility index (Phi) is 6.45.